The maximum absolute atomic E-state index is 12.2. The van der Waals surface area contributed by atoms with Gasteiger partial charge in [0.05, 0.1) is 10.6 Å². The van der Waals surface area contributed by atoms with E-state index >= 15 is 0 Å². The van der Waals surface area contributed by atoms with Crippen LogP contribution in [0.5, 0.6) is 0 Å². The minimum atomic E-state index is -0.412. The summed E-state index contributed by atoms with van der Waals surface area (Å²) in [6.07, 6.45) is 4.66. The monoisotopic (exact) mass is 300 g/mol. The van der Waals surface area contributed by atoms with Crippen molar-refractivity contribution >= 4 is 35.1 Å². The van der Waals surface area contributed by atoms with Crippen molar-refractivity contribution < 1.29 is 9.95 Å². The van der Waals surface area contributed by atoms with Gasteiger partial charge in [0, 0.05) is 11.4 Å². The molecule has 1 saturated carbocycles. The van der Waals surface area contributed by atoms with Gasteiger partial charge in [-0.2, -0.15) is 0 Å². The van der Waals surface area contributed by atoms with Crippen molar-refractivity contribution in [3.63, 3.8) is 0 Å². The van der Waals surface area contributed by atoms with E-state index in [9.17, 15) is 5.21 Å². The minimum absolute atomic E-state index is 0.412. The van der Waals surface area contributed by atoms with Crippen LogP contribution in [0.1, 0.15) is 31.2 Å². The van der Waals surface area contributed by atoms with Crippen molar-refractivity contribution in [2.45, 2.75) is 31.7 Å². The van der Waals surface area contributed by atoms with Gasteiger partial charge in [-0.05, 0) is 37.5 Å². The molecule has 4 nitrogen and oxygen atoms in total. The van der Waals surface area contributed by atoms with Gasteiger partial charge >= 0.3 is 0 Å². The van der Waals surface area contributed by atoms with Crippen LogP contribution >= 0.6 is 23.2 Å². The van der Waals surface area contributed by atoms with Gasteiger partial charge in [0.2, 0.25) is 6.04 Å². The summed E-state index contributed by atoms with van der Waals surface area (Å²) in [5, 5.41) is 25.3. The van der Waals surface area contributed by atoms with Crippen molar-refractivity contribution in [3.8, 4) is 0 Å². The molecule has 1 aliphatic carbocycles. The lowest BCUT2D eigenvalue weighted by atomic mass is 9.93. The molecule has 0 radical (unpaired) electrons. The van der Waals surface area contributed by atoms with Crippen LogP contribution in [0.4, 0.5) is 0 Å². The Balaban J connectivity index is 2.26. The molecular weight excluding hydrogens is 287 g/mol. The Morgan fingerprint density at radius 3 is 2.84 bits per heavy atom. The second-order valence-corrected chi connectivity index (χ2v) is 5.35. The van der Waals surface area contributed by atoms with Gasteiger partial charge in [0.1, 0.15) is 5.71 Å². The first kappa shape index (κ1) is 14.2. The van der Waals surface area contributed by atoms with Crippen molar-refractivity contribution in [2.75, 3.05) is 0 Å². The fourth-order valence-corrected chi connectivity index (χ4v) is 2.66. The third kappa shape index (κ3) is 3.39. The molecular formula is C13H14Cl2N2O2. The molecule has 1 atom stereocenters. The lowest BCUT2D eigenvalue weighted by Crippen LogP contribution is -2.34. The molecule has 0 unspecified atom stereocenters. The van der Waals surface area contributed by atoms with Gasteiger partial charge in [0.25, 0.3) is 0 Å². The Labute approximate surface area is 121 Å². The Morgan fingerprint density at radius 1 is 1.37 bits per heavy atom. The van der Waals surface area contributed by atoms with Crippen LogP contribution in [-0.2, 0) is 0 Å². The van der Waals surface area contributed by atoms with E-state index < -0.39 is 6.04 Å². The van der Waals surface area contributed by atoms with Gasteiger partial charge in [0.15, 0.2) is 6.21 Å². The molecule has 0 saturated heterocycles. The van der Waals surface area contributed by atoms with Crippen LogP contribution < -0.4 is 0 Å². The minimum Gasteiger partial charge on any atom is -0.623 e. The zero-order chi connectivity index (χ0) is 13.8. The maximum Gasteiger partial charge on any atom is 0.204 e. The van der Waals surface area contributed by atoms with Crippen LogP contribution in [0, 0.1) is 5.21 Å². The van der Waals surface area contributed by atoms with Crippen molar-refractivity contribution in [3.05, 3.63) is 39.0 Å². The highest BCUT2D eigenvalue weighted by atomic mass is 35.5. The predicted molar refractivity (Wildman–Crippen MR) is 76.7 cm³/mol. The molecule has 0 bridgehead atoms. The first-order valence-electron chi connectivity index (χ1n) is 6.08. The summed E-state index contributed by atoms with van der Waals surface area (Å²) in [7, 11) is 0. The number of hydroxylamine groups is 1. The van der Waals surface area contributed by atoms with E-state index in [4.69, 9.17) is 28.4 Å². The van der Waals surface area contributed by atoms with Crippen LogP contribution in [-0.4, -0.2) is 27.9 Å². The van der Waals surface area contributed by atoms with E-state index in [1.165, 1.54) is 6.21 Å². The molecule has 6 heteroatoms. The molecule has 1 fully saturated rings. The van der Waals surface area contributed by atoms with E-state index in [0.717, 1.165) is 17.6 Å². The highest BCUT2D eigenvalue weighted by Gasteiger charge is 2.27. The Morgan fingerprint density at radius 2 is 2.16 bits per heavy atom. The van der Waals surface area contributed by atoms with Gasteiger partial charge < -0.3 is 10.4 Å². The molecule has 2 rings (SSSR count). The second kappa shape index (κ2) is 6.26. The molecule has 1 aliphatic rings. The summed E-state index contributed by atoms with van der Waals surface area (Å²) in [6, 6.07) is 4.54. The molecule has 0 heterocycles. The van der Waals surface area contributed by atoms with Gasteiger partial charge in [-0.25, -0.2) is 4.74 Å². The average molecular weight is 301 g/mol. The summed E-state index contributed by atoms with van der Waals surface area (Å²) in [5.74, 6) is 0. The predicted octanol–water partition coefficient (Wildman–Crippen LogP) is 3.70. The number of rotatable bonds is 2. The van der Waals surface area contributed by atoms with Crippen molar-refractivity contribution in [2.24, 2.45) is 5.16 Å². The summed E-state index contributed by atoms with van der Waals surface area (Å²) < 4.78 is 0.809. The molecule has 0 spiro atoms. The van der Waals surface area contributed by atoms with Crippen LogP contribution in [0.25, 0.3) is 0 Å². The zero-order valence-electron chi connectivity index (χ0n) is 10.2. The molecule has 0 aliphatic heterocycles. The lowest BCUT2D eigenvalue weighted by Gasteiger charge is -2.21. The van der Waals surface area contributed by atoms with Gasteiger partial charge in [-0.15, -0.1) is 0 Å². The summed E-state index contributed by atoms with van der Waals surface area (Å²) in [6.45, 7) is 0. The smallest absolute Gasteiger partial charge is 0.204 e. The highest BCUT2D eigenvalue weighted by molar-refractivity contribution is 6.36. The fraction of sp³-hybridized carbons (Fsp3) is 0.385. The van der Waals surface area contributed by atoms with Crippen LogP contribution in [0.3, 0.4) is 0 Å². The summed E-state index contributed by atoms with van der Waals surface area (Å²) in [4.78, 5) is 0. The Bertz CT molecular complexity index is 529. The van der Waals surface area contributed by atoms with E-state index in [-0.39, 0.29) is 0 Å². The van der Waals surface area contributed by atoms with Crippen LogP contribution in [0.15, 0.2) is 23.4 Å². The van der Waals surface area contributed by atoms with Gasteiger partial charge in [-0.3, -0.25) is 0 Å². The van der Waals surface area contributed by atoms with E-state index in [1.54, 1.807) is 18.2 Å². The first-order valence-corrected chi connectivity index (χ1v) is 6.83. The molecule has 1 N–H and O–H groups in total. The average Bonchev–Trinajstić information content (AvgIpc) is 2.41. The first-order chi connectivity index (χ1) is 9.11. The van der Waals surface area contributed by atoms with E-state index in [2.05, 4.69) is 5.16 Å². The zero-order valence-corrected chi connectivity index (χ0v) is 11.7. The van der Waals surface area contributed by atoms with Gasteiger partial charge in [-0.1, -0.05) is 28.4 Å². The number of hydrogen-bond acceptors (Lipinski definition) is 3. The molecule has 19 heavy (non-hydrogen) atoms. The number of halogens is 2. The van der Waals surface area contributed by atoms with Crippen molar-refractivity contribution in [1.29, 1.82) is 0 Å². The topological polar surface area (TPSA) is 58.7 Å². The Kier molecular flexibility index (Phi) is 4.66. The number of hydrogen-bond donors (Lipinski definition) is 1. The van der Waals surface area contributed by atoms with Crippen molar-refractivity contribution in [1.82, 2.24) is 0 Å². The third-order valence-electron chi connectivity index (χ3n) is 3.21. The molecule has 0 amide bonds. The Hall–Kier alpha value is -1.26. The molecule has 0 aromatic heterocycles. The highest BCUT2D eigenvalue weighted by Crippen LogP contribution is 2.21. The molecule has 102 valence electrons. The molecule has 1 aromatic carbocycles. The standard InChI is InChI=1S/C13H14Cl2N2O2/c14-10-6-5-9(11(15)7-10)8-17(19)13-4-2-1-3-12(13)16-18/h5-8,13,18H,1-4H2/b16-12-,17-8-/t13-/m0/s1. The fourth-order valence-electron chi connectivity index (χ4n) is 2.20. The van der Waals surface area contributed by atoms with E-state index in [1.807, 2.05) is 0 Å². The number of benzene rings is 1. The SMILES string of the molecule is [O-]/[N+](=C\c1ccc(Cl)cc1Cl)[C@H]1CCCC/C1=N/O. The maximum atomic E-state index is 12.2. The lowest BCUT2D eigenvalue weighted by molar-refractivity contribution is -0.478. The quantitative estimate of drug-likeness (QED) is 0.298. The number of oxime groups is 1. The van der Waals surface area contributed by atoms with E-state index in [0.29, 0.717) is 34.2 Å². The third-order valence-corrected chi connectivity index (χ3v) is 3.77. The van der Waals surface area contributed by atoms with Crippen LogP contribution in [0.2, 0.25) is 10.0 Å². The molecule has 1 aromatic rings. The summed E-state index contributed by atoms with van der Waals surface area (Å²) in [5.41, 5.74) is 1.13. The summed E-state index contributed by atoms with van der Waals surface area (Å²) >= 11 is 11.8. The second-order valence-electron chi connectivity index (χ2n) is 4.51. The normalized spacial score (nSPS) is 22.7. The number of nitrogens with zero attached hydrogens (tertiary/aromatic N) is 2. The largest absolute Gasteiger partial charge is 0.623 e.